The molecule has 11 aromatic rings. The number of H-pyrrole nitrogens is 1. The largest absolute Gasteiger partial charge is 0.436 e. The van der Waals surface area contributed by atoms with Crippen LogP contribution in [0.3, 0.4) is 0 Å². The molecule has 7 aromatic carbocycles. The van der Waals surface area contributed by atoms with Crippen LogP contribution in [0.1, 0.15) is 0 Å². The van der Waals surface area contributed by atoms with Crippen LogP contribution in [0, 0.1) is 0 Å². The van der Waals surface area contributed by atoms with Gasteiger partial charge in [-0.2, -0.15) is 0 Å². The Hall–Kier alpha value is -7.77. The van der Waals surface area contributed by atoms with Gasteiger partial charge in [-0.05, 0) is 69.4 Å². The Balaban J connectivity index is 0.986. The van der Waals surface area contributed by atoms with E-state index in [1.165, 1.54) is 10.8 Å². The van der Waals surface area contributed by atoms with Crippen LogP contribution >= 0.6 is 0 Å². The fraction of sp³-hybridized carbons (Fsp3) is 0. The van der Waals surface area contributed by atoms with Gasteiger partial charge in [0.1, 0.15) is 5.52 Å². The van der Waals surface area contributed by atoms with Crippen molar-refractivity contribution in [2.45, 2.75) is 0 Å². The predicted octanol–water partition coefficient (Wildman–Crippen LogP) is 12.2. The van der Waals surface area contributed by atoms with Gasteiger partial charge in [0, 0.05) is 50.9 Å². The summed E-state index contributed by atoms with van der Waals surface area (Å²) in [5, 5.41) is 4.50. The number of pyridine rings is 1. The quantitative estimate of drug-likeness (QED) is 0.184. The molecule has 7 nitrogen and oxygen atoms in total. The van der Waals surface area contributed by atoms with Crippen LogP contribution in [0.25, 0.3) is 112 Å². The molecule has 56 heavy (non-hydrogen) atoms. The molecule has 262 valence electrons. The van der Waals surface area contributed by atoms with E-state index >= 15 is 0 Å². The van der Waals surface area contributed by atoms with E-state index in [2.05, 4.69) is 94.9 Å². The monoisotopic (exact) mass is 718 g/mol. The van der Waals surface area contributed by atoms with Crippen LogP contribution in [-0.2, 0) is 0 Å². The smallest absolute Gasteiger partial charge is 0.228 e. The van der Waals surface area contributed by atoms with E-state index in [0.717, 1.165) is 77.4 Å². The second-order valence-electron chi connectivity index (χ2n) is 13.8. The van der Waals surface area contributed by atoms with Crippen molar-refractivity contribution >= 4 is 43.7 Å². The molecule has 0 saturated carbocycles. The highest BCUT2D eigenvalue weighted by molar-refractivity contribution is 6.19. The second-order valence-corrected chi connectivity index (χ2v) is 13.8. The Labute approximate surface area is 321 Å². The van der Waals surface area contributed by atoms with Gasteiger partial charge in [0.25, 0.3) is 0 Å². The van der Waals surface area contributed by atoms with Crippen LogP contribution in [0.15, 0.2) is 181 Å². The summed E-state index contributed by atoms with van der Waals surface area (Å²) in [6, 6.07) is 56.2. The van der Waals surface area contributed by atoms with Crippen LogP contribution in [0.4, 0.5) is 0 Å². The standard InChI is InChI=1S/C49H30N6O/c1-3-10-31(11-4-1)46-53-47(32-12-5-2-6-13-32)55-48(54-46)33-19-17-30(18-20-33)36-22-23-37(39-16-8-7-15-38(36)39)34-21-24-41-40(28-34)44-42(51-41)25-26-43-45(44)52-49(56-43)35-14-9-27-50-29-35/h1-29,51H. The molecule has 4 heterocycles. The van der Waals surface area contributed by atoms with E-state index in [-0.39, 0.29) is 0 Å². The average Bonchev–Trinajstić information content (AvgIpc) is 3.88. The van der Waals surface area contributed by atoms with E-state index in [1.54, 1.807) is 12.4 Å². The van der Waals surface area contributed by atoms with Crippen LogP contribution in [0.5, 0.6) is 0 Å². The van der Waals surface area contributed by atoms with E-state index in [9.17, 15) is 0 Å². The summed E-state index contributed by atoms with van der Waals surface area (Å²) in [6.07, 6.45) is 3.52. The Kier molecular flexibility index (Phi) is 7.35. The van der Waals surface area contributed by atoms with Crippen molar-refractivity contribution in [2.75, 3.05) is 0 Å². The van der Waals surface area contributed by atoms with E-state index in [0.29, 0.717) is 23.4 Å². The first-order valence-corrected chi connectivity index (χ1v) is 18.5. The third-order valence-corrected chi connectivity index (χ3v) is 10.4. The third kappa shape index (κ3) is 5.41. The first-order valence-electron chi connectivity index (χ1n) is 18.5. The summed E-state index contributed by atoms with van der Waals surface area (Å²) in [5.41, 5.74) is 11.9. The number of fused-ring (bicyclic) bond motifs is 6. The minimum atomic E-state index is 0.558. The van der Waals surface area contributed by atoms with Gasteiger partial charge in [-0.15, -0.1) is 0 Å². The van der Waals surface area contributed by atoms with E-state index in [1.807, 2.05) is 78.9 Å². The predicted molar refractivity (Wildman–Crippen MR) is 225 cm³/mol. The molecule has 0 atom stereocenters. The molecule has 11 rings (SSSR count). The van der Waals surface area contributed by atoms with Crippen molar-refractivity contribution in [3.8, 4) is 67.9 Å². The van der Waals surface area contributed by atoms with Gasteiger partial charge in [0.2, 0.25) is 5.89 Å². The molecular weight excluding hydrogens is 689 g/mol. The molecule has 0 unspecified atom stereocenters. The maximum Gasteiger partial charge on any atom is 0.228 e. The van der Waals surface area contributed by atoms with E-state index < -0.39 is 0 Å². The zero-order chi connectivity index (χ0) is 37.0. The minimum Gasteiger partial charge on any atom is -0.436 e. The summed E-state index contributed by atoms with van der Waals surface area (Å²) in [4.78, 5) is 27.5. The topological polar surface area (TPSA) is 93.4 Å². The Bertz CT molecular complexity index is 3170. The summed E-state index contributed by atoms with van der Waals surface area (Å²) in [6.45, 7) is 0. The number of nitrogens with one attached hydrogen (secondary N) is 1. The summed E-state index contributed by atoms with van der Waals surface area (Å²) in [5.74, 6) is 2.48. The molecule has 0 radical (unpaired) electrons. The number of aromatic nitrogens is 6. The lowest BCUT2D eigenvalue weighted by Crippen LogP contribution is -2.00. The van der Waals surface area contributed by atoms with Gasteiger partial charge in [-0.1, -0.05) is 127 Å². The van der Waals surface area contributed by atoms with Crippen molar-refractivity contribution < 1.29 is 4.42 Å². The van der Waals surface area contributed by atoms with Gasteiger partial charge in [-0.3, -0.25) is 4.98 Å². The first kappa shape index (κ1) is 31.7. The molecule has 0 aliphatic carbocycles. The Morgan fingerprint density at radius 2 is 0.964 bits per heavy atom. The summed E-state index contributed by atoms with van der Waals surface area (Å²) < 4.78 is 6.21. The SMILES string of the molecule is c1ccc(-c2nc(-c3ccccc3)nc(-c3ccc(-c4ccc(-c5ccc6[nH]c7ccc8oc(-c9cccnc9)nc8c7c6c5)c5ccccc45)cc3)n2)cc1. The maximum atomic E-state index is 6.21. The first-order chi connectivity index (χ1) is 27.7. The van der Waals surface area contributed by atoms with Crippen molar-refractivity contribution in [3.63, 3.8) is 0 Å². The van der Waals surface area contributed by atoms with Gasteiger partial charge in [0.05, 0.1) is 5.56 Å². The average molecular weight is 719 g/mol. The third-order valence-electron chi connectivity index (χ3n) is 10.4. The van der Waals surface area contributed by atoms with Crippen LogP contribution in [-0.4, -0.2) is 29.9 Å². The molecule has 1 N–H and O–H groups in total. The molecule has 0 amide bonds. The molecule has 7 heteroatoms. The molecule has 0 aliphatic heterocycles. The highest BCUT2D eigenvalue weighted by Crippen LogP contribution is 2.40. The number of nitrogens with zero attached hydrogens (tertiary/aromatic N) is 5. The minimum absolute atomic E-state index is 0.558. The lowest BCUT2D eigenvalue weighted by atomic mass is 9.91. The van der Waals surface area contributed by atoms with Gasteiger partial charge in [-0.25, -0.2) is 19.9 Å². The van der Waals surface area contributed by atoms with Crippen molar-refractivity contribution in [3.05, 3.63) is 176 Å². The molecule has 0 aliphatic rings. The summed E-state index contributed by atoms with van der Waals surface area (Å²) >= 11 is 0. The van der Waals surface area contributed by atoms with Crippen molar-refractivity contribution in [2.24, 2.45) is 0 Å². The van der Waals surface area contributed by atoms with Crippen molar-refractivity contribution in [1.29, 1.82) is 0 Å². The fourth-order valence-corrected chi connectivity index (χ4v) is 7.70. The van der Waals surface area contributed by atoms with Crippen molar-refractivity contribution in [1.82, 2.24) is 29.9 Å². The lowest BCUT2D eigenvalue weighted by molar-refractivity contribution is 0.619. The molecule has 0 saturated heterocycles. The van der Waals surface area contributed by atoms with Crippen LogP contribution in [0.2, 0.25) is 0 Å². The number of benzene rings is 7. The number of oxazole rings is 1. The highest BCUT2D eigenvalue weighted by atomic mass is 16.3. The highest BCUT2D eigenvalue weighted by Gasteiger charge is 2.18. The second kappa shape index (κ2) is 13.0. The Morgan fingerprint density at radius 3 is 1.61 bits per heavy atom. The fourth-order valence-electron chi connectivity index (χ4n) is 7.70. The maximum absolute atomic E-state index is 6.21. The lowest BCUT2D eigenvalue weighted by Gasteiger charge is -2.13. The van der Waals surface area contributed by atoms with E-state index in [4.69, 9.17) is 24.4 Å². The molecule has 0 spiro atoms. The number of aromatic amines is 1. The van der Waals surface area contributed by atoms with Gasteiger partial charge in [0.15, 0.2) is 23.1 Å². The zero-order valence-corrected chi connectivity index (χ0v) is 29.9. The molecule has 0 fully saturated rings. The molecule has 4 aromatic heterocycles. The Morgan fingerprint density at radius 1 is 0.411 bits per heavy atom. The number of hydrogen-bond donors (Lipinski definition) is 1. The van der Waals surface area contributed by atoms with Gasteiger partial charge < -0.3 is 9.40 Å². The normalized spacial score (nSPS) is 11.6. The number of hydrogen-bond acceptors (Lipinski definition) is 6. The van der Waals surface area contributed by atoms with Gasteiger partial charge >= 0.3 is 0 Å². The molecule has 0 bridgehead atoms. The molecular formula is C49H30N6O. The zero-order valence-electron chi connectivity index (χ0n) is 29.9. The number of rotatable bonds is 6. The van der Waals surface area contributed by atoms with Crippen LogP contribution < -0.4 is 0 Å². The summed E-state index contributed by atoms with van der Waals surface area (Å²) in [7, 11) is 0.